The molecule has 1 aromatic heterocycles. The number of amides is 1. The van der Waals surface area contributed by atoms with Gasteiger partial charge >= 0.3 is 0 Å². The molecule has 1 heterocycles. The summed E-state index contributed by atoms with van der Waals surface area (Å²) in [6, 6.07) is 1.98. The summed E-state index contributed by atoms with van der Waals surface area (Å²) in [6.07, 6.45) is 0.472. The number of carbonyl (C=O) groups excluding carboxylic acids is 1. The van der Waals surface area contributed by atoms with Gasteiger partial charge in [0, 0.05) is 10.9 Å². The van der Waals surface area contributed by atoms with E-state index in [0.29, 0.717) is 6.42 Å². The van der Waals surface area contributed by atoms with Crippen molar-refractivity contribution in [3.63, 3.8) is 0 Å². The third-order valence-corrected chi connectivity index (χ3v) is 3.89. The van der Waals surface area contributed by atoms with E-state index >= 15 is 0 Å². The molecule has 2 nitrogen and oxygen atoms in total. The van der Waals surface area contributed by atoms with Crippen molar-refractivity contribution in [1.29, 1.82) is 0 Å². The number of hydrogen-bond acceptors (Lipinski definition) is 2. The summed E-state index contributed by atoms with van der Waals surface area (Å²) in [5.74, 6) is 0.0767. The van der Waals surface area contributed by atoms with Crippen LogP contribution < -0.4 is 5.32 Å². The van der Waals surface area contributed by atoms with Crippen molar-refractivity contribution >= 4 is 33.2 Å². The molecule has 78 valence electrons. The van der Waals surface area contributed by atoms with Gasteiger partial charge in [-0.1, -0.05) is 15.9 Å². The molecule has 0 saturated carbocycles. The van der Waals surface area contributed by atoms with Crippen LogP contribution in [0.5, 0.6) is 0 Å². The molecule has 0 aliphatic heterocycles. The molecule has 0 spiro atoms. The van der Waals surface area contributed by atoms with E-state index in [2.05, 4.69) is 21.2 Å². The van der Waals surface area contributed by atoms with Crippen LogP contribution in [0.4, 0.5) is 0 Å². The minimum atomic E-state index is -0.174. The second kappa shape index (κ2) is 4.94. The predicted molar refractivity (Wildman–Crippen MR) is 64.0 cm³/mol. The SMILES string of the molecule is CC(C)(CBr)NC(=O)Cc1ccsc1. The number of hydrogen-bond donors (Lipinski definition) is 1. The fraction of sp³-hybridized carbons (Fsp3) is 0.500. The fourth-order valence-corrected chi connectivity index (χ4v) is 1.84. The van der Waals surface area contributed by atoms with Crippen molar-refractivity contribution in [2.45, 2.75) is 25.8 Å². The molecule has 0 aliphatic carbocycles. The predicted octanol–water partition coefficient (Wildman–Crippen LogP) is 2.58. The number of halogens is 1. The lowest BCUT2D eigenvalue weighted by atomic mass is 10.1. The summed E-state index contributed by atoms with van der Waals surface area (Å²) >= 11 is 4.98. The van der Waals surface area contributed by atoms with E-state index in [4.69, 9.17) is 0 Å². The average Bonchev–Trinajstić information content (AvgIpc) is 2.55. The van der Waals surface area contributed by atoms with E-state index in [9.17, 15) is 4.79 Å². The van der Waals surface area contributed by atoms with Crippen LogP contribution in [0, 0.1) is 0 Å². The second-order valence-corrected chi connectivity index (χ2v) is 5.21. The molecule has 0 bridgehead atoms. The third-order valence-electron chi connectivity index (χ3n) is 1.76. The first kappa shape index (κ1) is 11.7. The lowest BCUT2D eigenvalue weighted by Gasteiger charge is -2.23. The Morgan fingerprint density at radius 1 is 1.64 bits per heavy atom. The summed E-state index contributed by atoms with van der Waals surface area (Å²) < 4.78 is 0. The fourth-order valence-electron chi connectivity index (χ4n) is 1.03. The van der Waals surface area contributed by atoms with Crippen LogP contribution in [-0.2, 0) is 11.2 Å². The molecule has 0 aliphatic rings. The van der Waals surface area contributed by atoms with Crippen molar-refractivity contribution < 1.29 is 4.79 Å². The van der Waals surface area contributed by atoms with Crippen LogP contribution in [-0.4, -0.2) is 16.8 Å². The van der Waals surface area contributed by atoms with Crippen molar-refractivity contribution in [1.82, 2.24) is 5.32 Å². The molecule has 0 fully saturated rings. The van der Waals surface area contributed by atoms with Crippen LogP contribution in [0.1, 0.15) is 19.4 Å². The van der Waals surface area contributed by atoms with Crippen molar-refractivity contribution in [2.75, 3.05) is 5.33 Å². The molecule has 0 atom stereocenters. The number of rotatable bonds is 4. The van der Waals surface area contributed by atoms with Crippen molar-refractivity contribution in [2.24, 2.45) is 0 Å². The molecular formula is C10H14BrNOS. The van der Waals surface area contributed by atoms with Crippen LogP contribution in [0.3, 0.4) is 0 Å². The molecule has 0 radical (unpaired) electrons. The normalized spacial score (nSPS) is 11.4. The van der Waals surface area contributed by atoms with Crippen LogP contribution in [0.25, 0.3) is 0 Å². The first-order valence-electron chi connectivity index (χ1n) is 4.41. The Morgan fingerprint density at radius 3 is 2.86 bits per heavy atom. The maximum Gasteiger partial charge on any atom is 0.224 e. The highest BCUT2D eigenvalue weighted by molar-refractivity contribution is 9.09. The zero-order chi connectivity index (χ0) is 10.6. The minimum Gasteiger partial charge on any atom is -0.350 e. The summed E-state index contributed by atoms with van der Waals surface area (Å²) in [4.78, 5) is 11.6. The van der Waals surface area contributed by atoms with Gasteiger partial charge in [-0.05, 0) is 36.2 Å². The number of nitrogens with one attached hydrogen (secondary N) is 1. The molecule has 1 amide bonds. The van der Waals surface area contributed by atoms with Gasteiger partial charge in [-0.3, -0.25) is 4.79 Å². The van der Waals surface area contributed by atoms with Gasteiger partial charge in [0.05, 0.1) is 6.42 Å². The van der Waals surface area contributed by atoms with Gasteiger partial charge in [-0.25, -0.2) is 0 Å². The standard InChI is InChI=1S/C10H14BrNOS/c1-10(2,7-11)12-9(13)5-8-3-4-14-6-8/h3-4,6H,5,7H2,1-2H3,(H,12,13). The zero-order valence-corrected chi connectivity index (χ0v) is 10.7. The summed E-state index contributed by atoms with van der Waals surface area (Å²) in [7, 11) is 0. The molecule has 1 rings (SSSR count). The lowest BCUT2D eigenvalue weighted by Crippen LogP contribution is -2.45. The van der Waals surface area contributed by atoms with Gasteiger partial charge in [0.2, 0.25) is 5.91 Å². The number of thiophene rings is 1. The van der Waals surface area contributed by atoms with Crippen molar-refractivity contribution in [3.8, 4) is 0 Å². The summed E-state index contributed by atoms with van der Waals surface area (Å²) in [5.41, 5.74) is 0.908. The van der Waals surface area contributed by atoms with Crippen LogP contribution >= 0.6 is 27.3 Å². The quantitative estimate of drug-likeness (QED) is 0.841. The maximum absolute atomic E-state index is 11.6. The summed E-state index contributed by atoms with van der Waals surface area (Å²) in [5, 5.41) is 7.71. The molecule has 14 heavy (non-hydrogen) atoms. The van der Waals surface area contributed by atoms with Gasteiger partial charge < -0.3 is 5.32 Å². The Labute approximate surface area is 96.8 Å². The lowest BCUT2D eigenvalue weighted by molar-refractivity contribution is -0.121. The van der Waals surface area contributed by atoms with E-state index in [1.807, 2.05) is 30.7 Å². The number of carbonyl (C=O) groups is 1. The van der Waals surface area contributed by atoms with Crippen molar-refractivity contribution in [3.05, 3.63) is 22.4 Å². The Bertz CT molecular complexity index is 295. The maximum atomic E-state index is 11.6. The topological polar surface area (TPSA) is 29.1 Å². The van der Waals surface area contributed by atoms with Crippen LogP contribution in [0.15, 0.2) is 16.8 Å². The zero-order valence-electron chi connectivity index (χ0n) is 8.34. The van der Waals surface area contributed by atoms with Gasteiger partial charge in [0.1, 0.15) is 0 Å². The molecule has 0 aromatic carbocycles. The van der Waals surface area contributed by atoms with E-state index < -0.39 is 0 Å². The molecule has 0 saturated heterocycles. The first-order valence-corrected chi connectivity index (χ1v) is 6.48. The Hall–Kier alpha value is -0.350. The summed E-state index contributed by atoms with van der Waals surface area (Å²) in [6.45, 7) is 3.99. The molecule has 1 aromatic rings. The minimum absolute atomic E-state index is 0.0767. The third kappa shape index (κ3) is 3.80. The monoisotopic (exact) mass is 275 g/mol. The van der Waals surface area contributed by atoms with E-state index in [1.54, 1.807) is 11.3 Å². The Morgan fingerprint density at radius 2 is 2.36 bits per heavy atom. The molecular weight excluding hydrogens is 262 g/mol. The number of alkyl halides is 1. The largest absolute Gasteiger partial charge is 0.350 e. The molecule has 0 unspecified atom stereocenters. The highest BCUT2D eigenvalue weighted by Gasteiger charge is 2.18. The van der Waals surface area contributed by atoms with E-state index in [0.717, 1.165) is 10.9 Å². The second-order valence-electron chi connectivity index (χ2n) is 3.87. The molecule has 4 heteroatoms. The first-order chi connectivity index (χ1) is 6.53. The van der Waals surface area contributed by atoms with Gasteiger partial charge in [-0.15, -0.1) is 0 Å². The smallest absolute Gasteiger partial charge is 0.224 e. The van der Waals surface area contributed by atoms with Crippen LogP contribution in [0.2, 0.25) is 0 Å². The van der Waals surface area contributed by atoms with Gasteiger partial charge in [-0.2, -0.15) is 11.3 Å². The Balaban J connectivity index is 2.44. The highest BCUT2D eigenvalue weighted by atomic mass is 79.9. The average molecular weight is 276 g/mol. The van der Waals surface area contributed by atoms with E-state index in [1.165, 1.54) is 0 Å². The van der Waals surface area contributed by atoms with Gasteiger partial charge in [0.25, 0.3) is 0 Å². The van der Waals surface area contributed by atoms with E-state index in [-0.39, 0.29) is 11.4 Å². The molecule has 1 N–H and O–H groups in total. The Kier molecular flexibility index (Phi) is 4.13. The highest BCUT2D eigenvalue weighted by Crippen LogP contribution is 2.09. The van der Waals surface area contributed by atoms with Gasteiger partial charge in [0.15, 0.2) is 0 Å².